The van der Waals surface area contributed by atoms with Gasteiger partial charge in [0.25, 0.3) is 0 Å². The minimum atomic E-state index is -4.27. The van der Waals surface area contributed by atoms with Crippen molar-refractivity contribution in [2.75, 3.05) is 0 Å². The van der Waals surface area contributed by atoms with Crippen LogP contribution in [0, 0.1) is 14.1 Å². The summed E-state index contributed by atoms with van der Waals surface area (Å²) in [6, 6.07) is 24.9. The van der Waals surface area contributed by atoms with E-state index in [-0.39, 0.29) is 26.1 Å². The standard InChI is InChI=1S/C12H9BrI.C7H8O3S/c13-11-8-4-5-9-12(11)14-10-6-2-1-3-7-10;1-6-2-4-7(5-3-6)11(8,9)10/h1-9H;2-5H,1H3,(H,8,9,10)/q+1;/p-1. The second-order valence-electron chi connectivity index (χ2n) is 5.07. The van der Waals surface area contributed by atoms with Gasteiger partial charge in [-0.1, -0.05) is 48.0 Å². The maximum atomic E-state index is 10.4. The zero-order valence-electron chi connectivity index (χ0n) is 13.4. The van der Waals surface area contributed by atoms with E-state index in [9.17, 15) is 13.0 Å². The van der Waals surface area contributed by atoms with E-state index < -0.39 is 10.1 Å². The summed E-state index contributed by atoms with van der Waals surface area (Å²) in [5.74, 6) is 0. The minimum absolute atomic E-state index is 0.0399. The van der Waals surface area contributed by atoms with Gasteiger partial charge in [-0.05, 0) is 59.3 Å². The molecule has 25 heavy (non-hydrogen) atoms. The molecule has 0 heterocycles. The van der Waals surface area contributed by atoms with Gasteiger partial charge in [-0.15, -0.1) is 0 Å². The largest absolute Gasteiger partial charge is 0.744 e. The molecule has 3 nitrogen and oxygen atoms in total. The van der Waals surface area contributed by atoms with Gasteiger partial charge in [0.1, 0.15) is 10.1 Å². The van der Waals surface area contributed by atoms with Crippen LogP contribution in [0.3, 0.4) is 0 Å². The fraction of sp³-hybridized carbons (Fsp3) is 0.0526. The second-order valence-corrected chi connectivity index (χ2v) is 10.3. The third kappa shape index (κ3) is 6.89. The van der Waals surface area contributed by atoms with Crippen LogP contribution in [0.25, 0.3) is 0 Å². The Labute approximate surface area is 167 Å². The van der Waals surface area contributed by atoms with E-state index in [1.54, 1.807) is 12.1 Å². The molecule has 130 valence electrons. The molecule has 0 saturated heterocycles. The molecule has 0 saturated carbocycles. The lowest BCUT2D eigenvalue weighted by molar-refractivity contribution is -0.598. The summed E-state index contributed by atoms with van der Waals surface area (Å²) in [4.78, 5) is -0.178. The van der Waals surface area contributed by atoms with Gasteiger partial charge in [0.2, 0.25) is 3.57 Å². The van der Waals surface area contributed by atoms with Gasteiger partial charge in [-0.25, -0.2) is 8.42 Å². The highest BCUT2D eigenvalue weighted by molar-refractivity contribution is 9.10. The second kappa shape index (κ2) is 9.47. The topological polar surface area (TPSA) is 57.2 Å². The molecule has 0 amide bonds. The van der Waals surface area contributed by atoms with E-state index in [1.807, 2.05) is 6.92 Å². The Kier molecular flexibility index (Phi) is 7.61. The fourth-order valence-electron chi connectivity index (χ4n) is 1.82. The number of benzene rings is 3. The first-order valence-electron chi connectivity index (χ1n) is 7.33. The summed E-state index contributed by atoms with van der Waals surface area (Å²) in [6.45, 7) is 1.82. The Hall–Kier alpha value is -1.22. The molecule has 0 aliphatic rings. The van der Waals surface area contributed by atoms with Crippen LogP contribution in [0.4, 0.5) is 0 Å². The maximum Gasteiger partial charge on any atom is 0.359 e. The van der Waals surface area contributed by atoms with Crippen molar-refractivity contribution < 1.29 is 34.2 Å². The van der Waals surface area contributed by atoms with Crippen molar-refractivity contribution in [3.63, 3.8) is 0 Å². The Bertz CT molecular complexity index is 911. The van der Waals surface area contributed by atoms with Crippen LogP contribution in [0.2, 0.25) is 0 Å². The molecule has 0 N–H and O–H groups in total. The van der Waals surface area contributed by atoms with Crippen LogP contribution in [0.5, 0.6) is 0 Å². The van der Waals surface area contributed by atoms with Gasteiger partial charge in [-0.2, -0.15) is 0 Å². The number of hydrogen-bond donors (Lipinski definition) is 0. The third-order valence-corrected chi connectivity index (χ3v) is 8.22. The Morgan fingerprint density at radius 1 is 0.840 bits per heavy atom. The molecule has 0 radical (unpaired) electrons. The van der Waals surface area contributed by atoms with Crippen LogP contribution in [-0.4, -0.2) is 13.0 Å². The summed E-state index contributed by atoms with van der Waals surface area (Å²) in [5.41, 5.74) is 0.928. The molecule has 3 rings (SSSR count). The molecule has 0 unspecified atom stereocenters. The Morgan fingerprint density at radius 2 is 1.40 bits per heavy atom. The van der Waals surface area contributed by atoms with Crippen LogP contribution in [0.1, 0.15) is 5.56 Å². The number of rotatable bonds is 3. The third-order valence-electron chi connectivity index (χ3n) is 3.08. The lowest BCUT2D eigenvalue weighted by atomic mass is 10.2. The van der Waals surface area contributed by atoms with Crippen LogP contribution < -0.4 is 21.2 Å². The van der Waals surface area contributed by atoms with Crippen LogP contribution in [-0.2, 0) is 10.1 Å². The van der Waals surface area contributed by atoms with Crippen molar-refractivity contribution in [1.82, 2.24) is 0 Å². The van der Waals surface area contributed by atoms with E-state index in [1.165, 1.54) is 23.7 Å². The summed E-state index contributed by atoms with van der Waals surface area (Å²) in [7, 11) is -4.27. The minimum Gasteiger partial charge on any atom is -0.744 e. The molecule has 0 spiro atoms. The highest BCUT2D eigenvalue weighted by atomic mass is 127. The van der Waals surface area contributed by atoms with Crippen molar-refractivity contribution in [2.24, 2.45) is 0 Å². The zero-order chi connectivity index (χ0) is 18.3. The maximum absolute atomic E-state index is 10.4. The van der Waals surface area contributed by atoms with E-state index in [0.717, 1.165) is 5.56 Å². The average Bonchev–Trinajstić information content (AvgIpc) is 2.58. The van der Waals surface area contributed by atoms with E-state index in [0.29, 0.717) is 0 Å². The molecule has 0 bridgehead atoms. The van der Waals surface area contributed by atoms with E-state index >= 15 is 0 Å². The first-order valence-corrected chi connectivity index (χ1v) is 11.7. The number of aryl methyl sites for hydroxylation is 1. The first kappa shape index (κ1) is 20.1. The molecule has 6 heteroatoms. The molecule has 3 aromatic rings. The van der Waals surface area contributed by atoms with Crippen LogP contribution in [0.15, 0.2) is 88.2 Å². The molecular formula is C19H16BrIO3S. The highest BCUT2D eigenvalue weighted by Gasteiger charge is 2.17. The van der Waals surface area contributed by atoms with Gasteiger partial charge in [-0.3, -0.25) is 0 Å². The Morgan fingerprint density at radius 3 is 1.96 bits per heavy atom. The fourth-order valence-corrected chi connectivity index (χ4v) is 5.34. The number of hydrogen-bond acceptors (Lipinski definition) is 3. The van der Waals surface area contributed by atoms with Gasteiger partial charge < -0.3 is 4.55 Å². The van der Waals surface area contributed by atoms with E-state index in [4.69, 9.17) is 0 Å². The SMILES string of the molecule is Brc1ccccc1[I+]c1ccccc1.Cc1ccc(S(=O)(=O)[O-])cc1. The lowest BCUT2D eigenvalue weighted by Gasteiger charge is -2.05. The molecule has 0 aliphatic carbocycles. The predicted octanol–water partition coefficient (Wildman–Crippen LogP) is 1.48. The number of halogens is 2. The monoisotopic (exact) mass is 530 g/mol. The molecule has 0 fully saturated rings. The summed E-state index contributed by atoms with van der Waals surface area (Å²) >= 11 is 3.54. The molecular weight excluding hydrogens is 515 g/mol. The average molecular weight is 531 g/mol. The Balaban J connectivity index is 0.000000186. The van der Waals surface area contributed by atoms with Gasteiger partial charge >= 0.3 is 21.2 Å². The van der Waals surface area contributed by atoms with Gasteiger partial charge in [0.05, 0.1) is 9.37 Å². The van der Waals surface area contributed by atoms with Crippen molar-refractivity contribution in [2.45, 2.75) is 11.8 Å². The van der Waals surface area contributed by atoms with Crippen molar-refractivity contribution in [3.05, 3.63) is 96.0 Å². The predicted molar refractivity (Wildman–Crippen MR) is 97.1 cm³/mol. The highest BCUT2D eigenvalue weighted by Crippen LogP contribution is 2.08. The van der Waals surface area contributed by atoms with Crippen molar-refractivity contribution in [3.8, 4) is 0 Å². The smallest absolute Gasteiger partial charge is 0.359 e. The summed E-state index contributed by atoms with van der Waals surface area (Å²) in [5, 5.41) is 0. The van der Waals surface area contributed by atoms with E-state index in [2.05, 4.69) is 70.5 Å². The summed E-state index contributed by atoms with van der Waals surface area (Å²) in [6.07, 6.45) is 0. The summed E-state index contributed by atoms with van der Waals surface area (Å²) < 4.78 is 35.3. The zero-order valence-corrected chi connectivity index (χ0v) is 18.0. The lowest BCUT2D eigenvalue weighted by Crippen LogP contribution is -3.61. The molecule has 3 aromatic carbocycles. The molecule has 0 aliphatic heterocycles. The van der Waals surface area contributed by atoms with Gasteiger partial charge in [0.15, 0.2) is 3.57 Å². The normalized spacial score (nSPS) is 10.7. The van der Waals surface area contributed by atoms with Crippen molar-refractivity contribution in [1.29, 1.82) is 0 Å². The van der Waals surface area contributed by atoms with Crippen LogP contribution >= 0.6 is 15.9 Å². The van der Waals surface area contributed by atoms with Crippen molar-refractivity contribution >= 4 is 26.0 Å². The molecule has 0 atom stereocenters. The quantitative estimate of drug-likeness (QED) is 0.381. The molecule has 0 aromatic heterocycles. The first-order chi connectivity index (χ1) is 11.9. The van der Waals surface area contributed by atoms with Gasteiger partial charge in [0, 0.05) is 0 Å².